The molecule has 31 heavy (non-hydrogen) atoms. The maximum Gasteiger partial charge on any atom is 0.322 e. The minimum absolute atomic E-state index is 0.148. The monoisotopic (exact) mass is 436 g/mol. The van der Waals surface area contributed by atoms with Crippen LogP contribution in [-0.4, -0.2) is 40.2 Å². The highest BCUT2D eigenvalue weighted by Gasteiger charge is 2.41. The number of rotatable bonds is 8. The minimum Gasteiger partial charge on any atom is -0.352 e. The van der Waals surface area contributed by atoms with E-state index >= 15 is 0 Å². The number of carbonyl (C=O) groups excluding carboxylic acids is 3. The largest absolute Gasteiger partial charge is 0.352 e. The zero-order valence-electron chi connectivity index (χ0n) is 17.2. The van der Waals surface area contributed by atoms with Gasteiger partial charge in [0, 0.05) is 35.5 Å². The van der Waals surface area contributed by atoms with Crippen LogP contribution in [0, 0.1) is 0 Å². The van der Waals surface area contributed by atoms with E-state index in [0.717, 1.165) is 17.9 Å². The average Bonchev–Trinajstić information content (AvgIpc) is 3.29. The molecule has 7 nitrogen and oxygen atoms in total. The summed E-state index contributed by atoms with van der Waals surface area (Å²) >= 11 is 1.38. The standard InChI is InChI=1S/C23H24N4O3S/c1-23(21(29)25-22(30)26-23)15-31-19-10-5-3-8-17(19)20(28)24-12-6-13-27-14-11-16-7-2-4-9-18(16)27/h2-5,7-11,14H,6,12-13,15H2,1H3,(H,24,28)(H2,25,26,29,30)/t23-/m0/s1. The van der Waals surface area contributed by atoms with Crippen LogP contribution >= 0.6 is 11.8 Å². The van der Waals surface area contributed by atoms with Gasteiger partial charge >= 0.3 is 6.03 Å². The number of aryl methyl sites for hydroxylation is 1. The number of imide groups is 1. The van der Waals surface area contributed by atoms with Gasteiger partial charge in [0.25, 0.3) is 11.8 Å². The van der Waals surface area contributed by atoms with E-state index in [1.807, 2.05) is 30.3 Å². The lowest BCUT2D eigenvalue weighted by Gasteiger charge is -2.20. The van der Waals surface area contributed by atoms with E-state index in [-0.39, 0.29) is 11.8 Å². The van der Waals surface area contributed by atoms with Crippen molar-refractivity contribution in [2.75, 3.05) is 12.3 Å². The Morgan fingerprint density at radius 3 is 2.68 bits per heavy atom. The van der Waals surface area contributed by atoms with Crippen molar-refractivity contribution >= 4 is 40.5 Å². The highest BCUT2D eigenvalue weighted by molar-refractivity contribution is 7.99. The first-order chi connectivity index (χ1) is 15.0. The van der Waals surface area contributed by atoms with Crippen LogP contribution in [0.5, 0.6) is 0 Å². The Labute approximate surface area is 184 Å². The molecule has 8 heteroatoms. The average molecular weight is 437 g/mol. The van der Waals surface area contributed by atoms with Gasteiger partial charge in [-0.3, -0.25) is 14.9 Å². The van der Waals surface area contributed by atoms with Crippen molar-refractivity contribution in [2.24, 2.45) is 0 Å². The molecule has 0 spiro atoms. The lowest BCUT2D eigenvalue weighted by molar-refractivity contribution is -0.122. The minimum atomic E-state index is -0.995. The Morgan fingerprint density at radius 1 is 1.10 bits per heavy atom. The molecule has 0 saturated carbocycles. The molecule has 1 atom stereocenters. The molecule has 1 aliphatic heterocycles. The van der Waals surface area contributed by atoms with Crippen molar-refractivity contribution < 1.29 is 14.4 Å². The van der Waals surface area contributed by atoms with E-state index in [1.165, 1.54) is 22.7 Å². The molecule has 1 saturated heterocycles. The van der Waals surface area contributed by atoms with Crippen molar-refractivity contribution in [3.05, 3.63) is 66.4 Å². The van der Waals surface area contributed by atoms with Gasteiger partial charge in [0.2, 0.25) is 0 Å². The van der Waals surface area contributed by atoms with Gasteiger partial charge in [-0.15, -0.1) is 11.8 Å². The van der Waals surface area contributed by atoms with E-state index in [4.69, 9.17) is 0 Å². The molecule has 3 N–H and O–H groups in total. The summed E-state index contributed by atoms with van der Waals surface area (Å²) in [6, 6.07) is 17.1. The zero-order chi connectivity index (χ0) is 21.8. The van der Waals surface area contributed by atoms with Crippen LogP contribution in [0.1, 0.15) is 23.7 Å². The van der Waals surface area contributed by atoms with Gasteiger partial charge < -0.3 is 15.2 Å². The number of hydrogen-bond donors (Lipinski definition) is 3. The second-order valence-electron chi connectivity index (χ2n) is 7.70. The predicted octanol–water partition coefficient (Wildman–Crippen LogP) is 3.15. The molecular formula is C23H24N4O3S. The normalized spacial score (nSPS) is 18.1. The molecule has 4 rings (SSSR count). The molecule has 4 amide bonds. The SMILES string of the molecule is C[C@@]1(CSc2ccccc2C(=O)NCCCn2ccc3ccccc32)NC(=O)NC1=O. The Balaban J connectivity index is 1.32. The Kier molecular flexibility index (Phi) is 5.99. The number of urea groups is 1. The topological polar surface area (TPSA) is 92.2 Å². The molecule has 0 aliphatic carbocycles. The third-order valence-electron chi connectivity index (χ3n) is 5.31. The second kappa shape index (κ2) is 8.85. The molecule has 0 radical (unpaired) electrons. The van der Waals surface area contributed by atoms with E-state index < -0.39 is 11.6 Å². The third-order valence-corrected chi connectivity index (χ3v) is 6.70. The molecule has 1 aromatic heterocycles. The highest BCUT2D eigenvalue weighted by atomic mass is 32.2. The smallest absolute Gasteiger partial charge is 0.322 e. The van der Waals surface area contributed by atoms with Crippen molar-refractivity contribution in [1.29, 1.82) is 0 Å². The molecule has 2 aromatic carbocycles. The molecule has 1 fully saturated rings. The van der Waals surface area contributed by atoms with Crippen LogP contribution in [0.3, 0.4) is 0 Å². The van der Waals surface area contributed by atoms with Crippen molar-refractivity contribution in [1.82, 2.24) is 20.5 Å². The van der Waals surface area contributed by atoms with Gasteiger partial charge in [0.15, 0.2) is 0 Å². The van der Waals surface area contributed by atoms with Gasteiger partial charge in [-0.05, 0) is 43.0 Å². The van der Waals surface area contributed by atoms with Crippen LogP contribution in [0.25, 0.3) is 10.9 Å². The van der Waals surface area contributed by atoms with Crippen LogP contribution in [0.4, 0.5) is 4.79 Å². The number of para-hydroxylation sites is 1. The maximum absolute atomic E-state index is 12.8. The third kappa shape index (κ3) is 4.59. The summed E-state index contributed by atoms with van der Waals surface area (Å²) < 4.78 is 2.19. The lowest BCUT2D eigenvalue weighted by Crippen LogP contribution is -2.46. The number of nitrogens with one attached hydrogen (secondary N) is 3. The Morgan fingerprint density at radius 2 is 1.87 bits per heavy atom. The number of thioether (sulfide) groups is 1. The van der Waals surface area contributed by atoms with Gasteiger partial charge in [-0.2, -0.15) is 0 Å². The highest BCUT2D eigenvalue weighted by Crippen LogP contribution is 2.27. The van der Waals surface area contributed by atoms with E-state index in [9.17, 15) is 14.4 Å². The number of fused-ring (bicyclic) bond motifs is 1. The molecule has 0 unspecified atom stereocenters. The van der Waals surface area contributed by atoms with E-state index in [1.54, 1.807) is 13.0 Å². The lowest BCUT2D eigenvalue weighted by atomic mass is 10.1. The molecule has 0 bridgehead atoms. The van der Waals surface area contributed by atoms with E-state index in [2.05, 4.69) is 44.9 Å². The van der Waals surface area contributed by atoms with Crippen molar-refractivity contribution in [2.45, 2.75) is 30.3 Å². The summed E-state index contributed by atoms with van der Waals surface area (Å²) in [5, 5.41) is 9.09. The first-order valence-corrected chi connectivity index (χ1v) is 11.1. The van der Waals surface area contributed by atoms with Gasteiger partial charge in [0.05, 0.1) is 5.56 Å². The van der Waals surface area contributed by atoms with Crippen molar-refractivity contribution in [3.8, 4) is 0 Å². The summed E-state index contributed by atoms with van der Waals surface area (Å²) in [6.45, 7) is 3.05. The number of aromatic nitrogens is 1. The van der Waals surface area contributed by atoms with Gasteiger partial charge in [-0.25, -0.2) is 4.79 Å². The first kappa shape index (κ1) is 21.0. The number of amides is 4. The molecule has 160 valence electrons. The molecule has 2 heterocycles. The summed E-state index contributed by atoms with van der Waals surface area (Å²) in [5.74, 6) is -0.176. The van der Waals surface area contributed by atoms with Crippen LogP contribution in [-0.2, 0) is 11.3 Å². The van der Waals surface area contributed by atoms with Gasteiger partial charge in [0.1, 0.15) is 5.54 Å². The molecule has 3 aromatic rings. The fraction of sp³-hybridized carbons (Fsp3) is 0.261. The Bertz CT molecular complexity index is 1140. The number of hydrogen-bond acceptors (Lipinski definition) is 4. The maximum atomic E-state index is 12.8. The fourth-order valence-corrected chi connectivity index (χ4v) is 4.70. The Hall–Kier alpha value is -3.26. The summed E-state index contributed by atoms with van der Waals surface area (Å²) in [7, 11) is 0. The summed E-state index contributed by atoms with van der Waals surface area (Å²) in [6.07, 6.45) is 2.88. The van der Waals surface area contributed by atoms with Gasteiger partial charge in [-0.1, -0.05) is 30.3 Å². The molecule has 1 aliphatic rings. The number of carbonyl (C=O) groups is 3. The quantitative estimate of drug-likeness (QED) is 0.287. The summed E-state index contributed by atoms with van der Waals surface area (Å²) in [4.78, 5) is 37.0. The van der Waals surface area contributed by atoms with Crippen molar-refractivity contribution in [3.63, 3.8) is 0 Å². The predicted molar refractivity (Wildman–Crippen MR) is 121 cm³/mol. The number of nitrogens with zero attached hydrogens (tertiary/aromatic N) is 1. The van der Waals surface area contributed by atoms with E-state index in [0.29, 0.717) is 17.9 Å². The number of benzene rings is 2. The second-order valence-corrected chi connectivity index (χ2v) is 8.72. The van der Waals surface area contributed by atoms with Crippen LogP contribution in [0.15, 0.2) is 65.7 Å². The molecular weight excluding hydrogens is 412 g/mol. The first-order valence-electron chi connectivity index (χ1n) is 10.1. The van der Waals surface area contributed by atoms with Crippen LogP contribution < -0.4 is 16.0 Å². The summed E-state index contributed by atoms with van der Waals surface area (Å²) in [5.41, 5.74) is 0.754. The zero-order valence-corrected chi connectivity index (χ0v) is 18.0. The fourth-order valence-electron chi connectivity index (χ4n) is 3.57. The van der Waals surface area contributed by atoms with Crippen LogP contribution in [0.2, 0.25) is 0 Å².